The van der Waals surface area contributed by atoms with Gasteiger partial charge in [-0.25, -0.2) is 0 Å². The first-order valence-corrected chi connectivity index (χ1v) is 7.29. The summed E-state index contributed by atoms with van der Waals surface area (Å²) in [5.74, 6) is -0.549. The van der Waals surface area contributed by atoms with Crippen molar-refractivity contribution in [3.63, 3.8) is 0 Å². The van der Waals surface area contributed by atoms with Crippen LogP contribution in [0.2, 0.25) is 5.02 Å². The van der Waals surface area contributed by atoms with Crippen molar-refractivity contribution >= 4 is 34.7 Å². The van der Waals surface area contributed by atoms with E-state index in [1.165, 1.54) is 0 Å². The number of nitrogens with one attached hydrogen (secondary N) is 1. The highest BCUT2D eigenvalue weighted by Gasteiger charge is 2.29. The molecule has 1 aromatic rings. The Kier molecular flexibility index (Phi) is 4.33. The number of hydrogen-bond acceptors (Lipinski definition) is 3. The van der Waals surface area contributed by atoms with E-state index in [9.17, 15) is 9.59 Å². The Morgan fingerprint density at radius 2 is 2.00 bits per heavy atom. The molecule has 0 radical (unpaired) electrons. The van der Waals surface area contributed by atoms with Crippen LogP contribution in [-0.2, 0) is 4.79 Å². The maximum atomic E-state index is 11.6. The van der Waals surface area contributed by atoms with E-state index in [2.05, 4.69) is 31.0 Å². The third kappa shape index (κ3) is 2.66. The standard InChI is InChI=1S/C15H19ClN2O2/c1-4-9(3)8-18(5-2)13-7-12-10(6-11(13)16)14(19)15(20)17-12/h6-7,9H,4-5,8H2,1-3H3,(H,17,19,20). The molecule has 0 spiro atoms. The Bertz CT molecular complexity index is 557. The number of ketones is 1. The average molecular weight is 295 g/mol. The van der Waals surface area contributed by atoms with Gasteiger partial charge >= 0.3 is 0 Å². The fourth-order valence-electron chi connectivity index (χ4n) is 2.30. The molecule has 108 valence electrons. The maximum Gasteiger partial charge on any atom is 0.296 e. The van der Waals surface area contributed by atoms with Crippen LogP contribution in [0.3, 0.4) is 0 Å². The summed E-state index contributed by atoms with van der Waals surface area (Å²) in [5, 5.41) is 3.10. The Labute approximate surface area is 124 Å². The van der Waals surface area contributed by atoms with Crippen molar-refractivity contribution in [3.05, 3.63) is 22.7 Å². The van der Waals surface area contributed by atoms with Crippen molar-refractivity contribution in [2.24, 2.45) is 5.92 Å². The van der Waals surface area contributed by atoms with Crippen molar-refractivity contribution in [1.29, 1.82) is 0 Å². The quantitative estimate of drug-likeness (QED) is 0.847. The van der Waals surface area contributed by atoms with Gasteiger partial charge < -0.3 is 10.2 Å². The number of benzene rings is 1. The van der Waals surface area contributed by atoms with Crippen LogP contribution in [0.5, 0.6) is 0 Å². The first-order valence-electron chi connectivity index (χ1n) is 6.92. The van der Waals surface area contributed by atoms with Gasteiger partial charge in [0.2, 0.25) is 0 Å². The largest absolute Gasteiger partial charge is 0.370 e. The molecule has 0 saturated heterocycles. The molecule has 1 aliphatic heterocycles. The Morgan fingerprint density at radius 3 is 2.60 bits per heavy atom. The zero-order valence-electron chi connectivity index (χ0n) is 12.0. The maximum absolute atomic E-state index is 11.6. The second kappa shape index (κ2) is 5.83. The molecule has 1 N–H and O–H groups in total. The van der Waals surface area contributed by atoms with Gasteiger partial charge in [0.25, 0.3) is 11.7 Å². The highest BCUT2D eigenvalue weighted by atomic mass is 35.5. The van der Waals surface area contributed by atoms with Gasteiger partial charge in [-0.15, -0.1) is 0 Å². The molecular weight excluding hydrogens is 276 g/mol. The van der Waals surface area contributed by atoms with E-state index in [1.807, 2.05) is 0 Å². The molecule has 2 rings (SSSR count). The molecule has 0 saturated carbocycles. The third-order valence-electron chi connectivity index (χ3n) is 3.74. The Balaban J connectivity index is 2.36. The number of Topliss-reactive ketones (excluding diaryl/α,β-unsaturated/α-hetero) is 1. The molecule has 1 aromatic carbocycles. The van der Waals surface area contributed by atoms with Crippen LogP contribution >= 0.6 is 11.6 Å². The van der Waals surface area contributed by atoms with Gasteiger partial charge in [-0.2, -0.15) is 0 Å². The molecule has 1 heterocycles. The summed E-state index contributed by atoms with van der Waals surface area (Å²) in [4.78, 5) is 25.2. The van der Waals surface area contributed by atoms with E-state index in [0.717, 1.165) is 25.2 Å². The second-order valence-electron chi connectivity index (χ2n) is 5.18. The second-order valence-corrected chi connectivity index (χ2v) is 5.59. The number of hydrogen-bond donors (Lipinski definition) is 1. The topological polar surface area (TPSA) is 49.4 Å². The molecule has 1 unspecified atom stereocenters. The normalized spacial score (nSPS) is 15.0. The predicted octanol–water partition coefficient (Wildman–Crippen LogP) is 3.35. The zero-order valence-corrected chi connectivity index (χ0v) is 12.8. The van der Waals surface area contributed by atoms with Crippen LogP contribution in [0.1, 0.15) is 37.6 Å². The molecule has 0 fully saturated rings. The van der Waals surface area contributed by atoms with Gasteiger partial charge in [0.05, 0.1) is 22.0 Å². The number of carbonyl (C=O) groups excluding carboxylic acids is 2. The smallest absolute Gasteiger partial charge is 0.296 e. The highest BCUT2D eigenvalue weighted by Crippen LogP contribution is 2.35. The van der Waals surface area contributed by atoms with Crippen molar-refractivity contribution in [2.75, 3.05) is 23.3 Å². The van der Waals surface area contributed by atoms with Crippen LogP contribution in [-0.4, -0.2) is 24.8 Å². The lowest BCUT2D eigenvalue weighted by molar-refractivity contribution is -0.112. The summed E-state index contributed by atoms with van der Waals surface area (Å²) in [6.07, 6.45) is 1.09. The average Bonchev–Trinajstić information content (AvgIpc) is 2.70. The Hall–Kier alpha value is -1.55. The molecule has 0 aromatic heterocycles. The number of anilines is 2. The summed E-state index contributed by atoms with van der Waals surface area (Å²) in [7, 11) is 0. The van der Waals surface area contributed by atoms with E-state index in [4.69, 9.17) is 11.6 Å². The summed E-state index contributed by atoms with van der Waals surface area (Å²) in [5.41, 5.74) is 1.79. The van der Waals surface area contributed by atoms with E-state index in [1.54, 1.807) is 12.1 Å². The number of rotatable bonds is 5. The molecule has 0 aliphatic carbocycles. The minimum Gasteiger partial charge on any atom is -0.370 e. The monoisotopic (exact) mass is 294 g/mol. The lowest BCUT2D eigenvalue weighted by atomic mass is 10.1. The van der Waals surface area contributed by atoms with Crippen molar-refractivity contribution < 1.29 is 9.59 Å². The molecule has 4 nitrogen and oxygen atoms in total. The highest BCUT2D eigenvalue weighted by molar-refractivity contribution is 6.52. The van der Waals surface area contributed by atoms with E-state index in [0.29, 0.717) is 22.2 Å². The molecular formula is C15H19ClN2O2. The number of fused-ring (bicyclic) bond motifs is 1. The fraction of sp³-hybridized carbons (Fsp3) is 0.467. The van der Waals surface area contributed by atoms with E-state index in [-0.39, 0.29) is 0 Å². The number of amides is 1. The molecule has 1 atom stereocenters. The molecule has 1 aliphatic rings. The van der Waals surface area contributed by atoms with Gasteiger partial charge in [-0.05, 0) is 25.0 Å². The van der Waals surface area contributed by atoms with E-state index >= 15 is 0 Å². The number of carbonyl (C=O) groups is 2. The molecule has 1 amide bonds. The summed E-state index contributed by atoms with van der Waals surface area (Å²) >= 11 is 6.29. The SMILES string of the molecule is CCC(C)CN(CC)c1cc2c(cc1Cl)C(=O)C(=O)N2. The third-order valence-corrected chi connectivity index (χ3v) is 4.04. The zero-order chi connectivity index (χ0) is 14.9. The van der Waals surface area contributed by atoms with Crippen LogP contribution in [0.25, 0.3) is 0 Å². The fourth-order valence-corrected chi connectivity index (χ4v) is 2.58. The predicted molar refractivity (Wildman–Crippen MR) is 81.8 cm³/mol. The van der Waals surface area contributed by atoms with Gasteiger partial charge in [-0.1, -0.05) is 31.9 Å². The van der Waals surface area contributed by atoms with Crippen molar-refractivity contribution in [1.82, 2.24) is 0 Å². The lowest BCUT2D eigenvalue weighted by Gasteiger charge is -2.27. The number of halogens is 1. The summed E-state index contributed by atoms with van der Waals surface area (Å²) in [6.45, 7) is 8.13. The van der Waals surface area contributed by atoms with Gasteiger partial charge in [0.1, 0.15) is 0 Å². The summed E-state index contributed by atoms with van der Waals surface area (Å²) in [6, 6.07) is 3.39. The molecule has 0 bridgehead atoms. The lowest BCUT2D eigenvalue weighted by Crippen LogP contribution is -2.28. The van der Waals surface area contributed by atoms with Crippen LogP contribution in [0.15, 0.2) is 12.1 Å². The van der Waals surface area contributed by atoms with Gasteiger partial charge in [-0.3, -0.25) is 9.59 Å². The minimum absolute atomic E-state index is 0.364. The van der Waals surface area contributed by atoms with Gasteiger partial charge in [0.15, 0.2) is 0 Å². The minimum atomic E-state index is -0.585. The van der Waals surface area contributed by atoms with Gasteiger partial charge in [0, 0.05) is 13.1 Å². The molecule has 5 heteroatoms. The van der Waals surface area contributed by atoms with Crippen LogP contribution < -0.4 is 10.2 Å². The van der Waals surface area contributed by atoms with Crippen LogP contribution in [0, 0.1) is 5.92 Å². The first-order chi connectivity index (χ1) is 9.47. The van der Waals surface area contributed by atoms with E-state index < -0.39 is 11.7 Å². The number of nitrogens with zero attached hydrogens (tertiary/aromatic N) is 1. The molecule has 20 heavy (non-hydrogen) atoms. The van der Waals surface area contributed by atoms with Crippen molar-refractivity contribution in [2.45, 2.75) is 27.2 Å². The first kappa shape index (κ1) is 14.9. The van der Waals surface area contributed by atoms with Crippen molar-refractivity contribution in [3.8, 4) is 0 Å². The summed E-state index contributed by atoms with van der Waals surface area (Å²) < 4.78 is 0. The Morgan fingerprint density at radius 1 is 1.30 bits per heavy atom. The van der Waals surface area contributed by atoms with Crippen LogP contribution in [0.4, 0.5) is 11.4 Å².